The highest BCUT2D eigenvalue weighted by Gasteiger charge is 2.68. The number of halogens is 2. The van der Waals surface area contributed by atoms with E-state index in [1.165, 1.54) is 13.2 Å². The molecule has 23 heavy (non-hydrogen) atoms. The topological polar surface area (TPSA) is 76.7 Å². The van der Waals surface area contributed by atoms with Gasteiger partial charge in [-0.1, -0.05) is 0 Å². The van der Waals surface area contributed by atoms with E-state index in [4.69, 9.17) is 32.7 Å². The summed E-state index contributed by atoms with van der Waals surface area (Å²) >= 11 is 11.8. The Labute approximate surface area is 144 Å². The lowest BCUT2D eigenvalue weighted by atomic mass is 10.1. The monoisotopic (exact) mass is 360 g/mol. The Morgan fingerprint density at radius 3 is 2.43 bits per heavy atom. The van der Waals surface area contributed by atoms with Crippen molar-refractivity contribution in [1.82, 2.24) is 10.9 Å². The van der Waals surface area contributed by atoms with Crippen molar-refractivity contribution < 1.29 is 19.1 Å². The second kappa shape index (κ2) is 6.45. The molecule has 1 aromatic carbocycles. The molecule has 1 saturated carbocycles. The molecule has 1 aromatic rings. The van der Waals surface area contributed by atoms with E-state index in [0.717, 1.165) is 0 Å². The predicted octanol–water partition coefficient (Wildman–Crippen LogP) is 2.44. The molecule has 6 nitrogen and oxygen atoms in total. The molecule has 0 bridgehead atoms. The fourth-order valence-electron chi connectivity index (χ4n) is 2.05. The molecule has 1 unspecified atom stereocenters. The maximum atomic E-state index is 12.1. The van der Waals surface area contributed by atoms with E-state index in [1.807, 2.05) is 6.92 Å². The zero-order valence-corrected chi connectivity index (χ0v) is 14.5. The summed E-state index contributed by atoms with van der Waals surface area (Å²) in [5.74, 6) is 0.0445. The van der Waals surface area contributed by atoms with Crippen molar-refractivity contribution in [3.05, 3.63) is 23.8 Å². The van der Waals surface area contributed by atoms with E-state index in [9.17, 15) is 9.59 Å². The number of hydrazine groups is 1. The third-order valence-electron chi connectivity index (χ3n) is 3.77. The summed E-state index contributed by atoms with van der Waals surface area (Å²) in [5, 5.41) is 0. The quantitative estimate of drug-likeness (QED) is 0.624. The van der Waals surface area contributed by atoms with Gasteiger partial charge in [0.05, 0.1) is 19.1 Å². The molecule has 8 heteroatoms. The lowest BCUT2D eigenvalue weighted by molar-refractivity contribution is -0.126. The Balaban J connectivity index is 2.00. The van der Waals surface area contributed by atoms with E-state index in [1.54, 1.807) is 19.1 Å². The third kappa shape index (κ3) is 3.48. The highest BCUT2D eigenvalue weighted by molar-refractivity contribution is 6.53. The molecule has 126 valence electrons. The summed E-state index contributed by atoms with van der Waals surface area (Å²) in [6, 6.07) is 4.73. The molecule has 0 aliphatic heterocycles. The first-order valence-electron chi connectivity index (χ1n) is 7.04. The average molecular weight is 361 g/mol. The van der Waals surface area contributed by atoms with Gasteiger partial charge in [-0.25, -0.2) is 0 Å². The van der Waals surface area contributed by atoms with Gasteiger partial charge in [-0.3, -0.25) is 20.4 Å². The van der Waals surface area contributed by atoms with Gasteiger partial charge in [0, 0.05) is 5.56 Å². The number of ether oxygens (including phenoxy) is 2. The Hall–Kier alpha value is -1.66. The molecular formula is C15H18Cl2N2O4. The van der Waals surface area contributed by atoms with Crippen LogP contribution >= 0.6 is 23.2 Å². The van der Waals surface area contributed by atoms with Crippen LogP contribution in [0.5, 0.6) is 11.5 Å². The average Bonchev–Trinajstić information content (AvgIpc) is 3.04. The number of hydrogen-bond donors (Lipinski definition) is 2. The molecule has 0 heterocycles. The van der Waals surface area contributed by atoms with Gasteiger partial charge in [0.1, 0.15) is 4.33 Å². The summed E-state index contributed by atoms with van der Waals surface area (Å²) in [5.41, 5.74) is 4.08. The van der Waals surface area contributed by atoms with Crippen LogP contribution in [0.15, 0.2) is 18.2 Å². The summed E-state index contributed by atoms with van der Waals surface area (Å²) < 4.78 is 9.47. The Morgan fingerprint density at radius 1 is 1.26 bits per heavy atom. The van der Waals surface area contributed by atoms with Crippen LogP contribution in [0.25, 0.3) is 0 Å². The Kier molecular flexibility index (Phi) is 4.96. The van der Waals surface area contributed by atoms with Crippen molar-refractivity contribution in [2.45, 2.75) is 24.6 Å². The Morgan fingerprint density at radius 2 is 1.91 bits per heavy atom. The number of nitrogens with one attached hydrogen (secondary N) is 2. The van der Waals surface area contributed by atoms with Gasteiger partial charge in [-0.15, -0.1) is 23.2 Å². The number of amides is 2. The molecule has 0 radical (unpaired) electrons. The third-order valence-corrected chi connectivity index (χ3v) is 4.88. The van der Waals surface area contributed by atoms with Gasteiger partial charge in [0.15, 0.2) is 11.5 Å². The van der Waals surface area contributed by atoms with Gasteiger partial charge in [0.2, 0.25) is 5.91 Å². The van der Waals surface area contributed by atoms with E-state index in [0.29, 0.717) is 30.1 Å². The van der Waals surface area contributed by atoms with Crippen LogP contribution in [-0.2, 0) is 4.79 Å². The number of carbonyl (C=O) groups is 2. The van der Waals surface area contributed by atoms with Crippen molar-refractivity contribution >= 4 is 35.0 Å². The molecule has 2 rings (SSSR count). The first kappa shape index (κ1) is 17.7. The fourth-order valence-corrected chi connectivity index (χ4v) is 2.76. The summed E-state index contributed by atoms with van der Waals surface area (Å²) in [4.78, 5) is 24.1. The van der Waals surface area contributed by atoms with Crippen molar-refractivity contribution in [2.24, 2.45) is 5.41 Å². The minimum atomic E-state index is -1.09. The van der Waals surface area contributed by atoms with Crippen LogP contribution in [0.2, 0.25) is 0 Å². The highest BCUT2D eigenvalue weighted by Crippen LogP contribution is 2.63. The van der Waals surface area contributed by atoms with E-state index < -0.39 is 21.6 Å². The second-order valence-electron chi connectivity index (χ2n) is 5.42. The van der Waals surface area contributed by atoms with E-state index in [2.05, 4.69) is 10.9 Å². The maximum Gasteiger partial charge on any atom is 0.269 e. The first-order chi connectivity index (χ1) is 10.7. The van der Waals surface area contributed by atoms with Gasteiger partial charge in [-0.05, 0) is 38.5 Å². The van der Waals surface area contributed by atoms with Crippen molar-refractivity contribution in [2.75, 3.05) is 13.7 Å². The molecule has 2 N–H and O–H groups in total. The summed E-state index contributed by atoms with van der Waals surface area (Å²) in [7, 11) is 1.48. The fraction of sp³-hybridized carbons (Fsp3) is 0.467. The van der Waals surface area contributed by atoms with Crippen molar-refractivity contribution in [1.29, 1.82) is 0 Å². The zero-order valence-electron chi connectivity index (χ0n) is 13.0. The van der Waals surface area contributed by atoms with Gasteiger partial charge in [-0.2, -0.15) is 0 Å². The molecule has 0 saturated heterocycles. The van der Waals surface area contributed by atoms with Crippen LogP contribution in [0.3, 0.4) is 0 Å². The summed E-state index contributed by atoms with van der Waals surface area (Å²) in [6.07, 6.45) is 0.335. The molecule has 1 atom stereocenters. The first-order valence-corrected chi connectivity index (χ1v) is 7.80. The zero-order chi connectivity index (χ0) is 17.3. The normalized spacial score (nSPS) is 21.3. The standard InChI is InChI=1S/C15H18Cl2N2O4/c1-4-23-10-6-5-9(7-11(10)22-3)12(20)18-19-13(21)14(2)8-15(14,16)17/h5-7H,4,8H2,1-3H3,(H,18,20)(H,19,21). The minimum Gasteiger partial charge on any atom is -0.493 e. The number of carbonyl (C=O) groups excluding carboxylic acids is 2. The molecule has 2 amide bonds. The van der Waals surface area contributed by atoms with Crippen molar-refractivity contribution in [3.63, 3.8) is 0 Å². The lowest BCUT2D eigenvalue weighted by Crippen LogP contribution is -2.45. The predicted molar refractivity (Wildman–Crippen MR) is 86.9 cm³/mol. The molecule has 1 fully saturated rings. The maximum absolute atomic E-state index is 12.1. The number of benzene rings is 1. The minimum absolute atomic E-state index is 0.314. The summed E-state index contributed by atoms with van der Waals surface area (Å²) in [6.45, 7) is 3.96. The van der Waals surface area contributed by atoms with Crippen LogP contribution in [0, 0.1) is 5.41 Å². The largest absolute Gasteiger partial charge is 0.493 e. The van der Waals surface area contributed by atoms with Crippen LogP contribution in [0.1, 0.15) is 30.6 Å². The number of hydrogen-bond acceptors (Lipinski definition) is 4. The molecule has 0 aromatic heterocycles. The number of rotatable bonds is 5. The molecule has 0 spiro atoms. The van der Waals surface area contributed by atoms with Gasteiger partial charge >= 0.3 is 0 Å². The SMILES string of the molecule is CCOc1ccc(C(=O)NNC(=O)C2(C)CC2(Cl)Cl)cc1OC. The lowest BCUT2D eigenvalue weighted by Gasteiger charge is -2.14. The second-order valence-corrected chi connectivity index (χ2v) is 6.90. The Bertz CT molecular complexity index is 636. The van der Waals surface area contributed by atoms with E-state index in [-0.39, 0.29) is 0 Å². The molecule has 1 aliphatic carbocycles. The molecule has 1 aliphatic rings. The van der Waals surface area contributed by atoms with Gasteiger partial charge < -0.3 is 9.47 Å². The van der Waals surface area contributed by atoms with E-state index >= 15 is 0 Å². The smallest absolute Gasteiger partial charge is 0.269 e. The van der Waals surface area contributed by atoms with Gasteiger partial charge in [0.25, 0.3) is 5.91 Å². The van der Waals surface area contributed by atoms with Crippen LogP contribution in [0.4, 0.5) is 0 Å². The highest BCUT2D eigenvalue weighted by atomic mass is 35.5. The van der Waals surface area contributed by atoms with Crippen LogP contribution in [-0.4, -0.2) is 29.9 Å². The number of alkyl halides is 2. The number of methoxy groups -OCH3 is 1. The van der Waals surface area contributed by atoms with Crippen molar-refractivity contribution in [3.8, 4) is 11.5 Å². The molecular weight excluding hydrogens is 343 g/mol. The van der Waals surface area contributed by atoms with Crippen LogP contribution < -0.4 is 20.3 Å².